The summed E-state index contributed by atoms with van der Waals surface area (Å²) in [6.07, 6.45) is 0. The van der Waals surface area contributed by atoms with E-state index >= 15 is 0 Å². The monoisotopic (exact) mass is 453 g/mol. The predicted molar refractivity (Wildman–Crippen MR) is 137 cm³/mol. The van der Waals surface area contributed by atoms with Gasteiger partial charge in [0.25, 0.3) is 0 Å². The highest BCUT2D eigenvalue weighted by molar-refractivity contribution is 5.92. The summed E-state index contributed by atoms with van der Waals surface area (Å²) >= 11 is 0. The molecule has 0 saturated carbocycles. The number of amides is 1. The van der Waals surface area contributed by atoms with Crippen molar-refractivity contribution in [3.8, 4) is 6.07 Å². The molecule has 1 heterocycles. The number of piperazine rings is 1. The number of nitriles is 1. The molecule has 1 saturated heterocycles. The second kappa shape index (κ2) is 11.0. The first-order valence-corrected chi connectivity index (χ1v) is 11.6. The first-order chi connectivity index (χ1) is 16.5. The van der Waals surface area contributed by atoms with Crippen LogP contribution in [0.1, 0.15) is 22.7 Å². The Morgan fingerprint density at radius 3 is 2.06 bits per heavy atom. The van der Waals surface area contributed by atoms with Gasteiger partial charge >= 0.3 is 0 Å². The molecule has 0 unspecified atom stereocenters. The van der Waals surface area contributed by atoms with Crippen LogP contribution in [0.2, 0.25) is 0 Å². The smallest absolute Gasteiger partial charge is 0.238 e. The van der Waals surface area contributed by atoms with E-state index in [1.807, 2.05) is 31.1 Å². The largest absolute Gasteiger partial charge is 0.368 e. The normalized spacial score (nSPS) is 14.3. The molecule has 0 aliphatic carbocycles. The Bertz CT molecular complexity index is 1090. The standard InChI is InChI=1S/C28H31N5O/c1-31(2)21-27(34)30-25-13-14-26(24(19-25)20-29)32-15-17-33(18-16-32)28(22-9-5-3-6-10-22)23-11-7-4-8-12-23/h3-14,19,28H,15-18,21H2,1-2H3,(H,30,34). The van der Waals surface area contributed by atoms with Crippen LogP contribution in [-0.4, -0.2) is 62.5 Å². The summed E-state index contributed by atoms with van der Waals surface area (Å²) in [4.78, 5) is 18.7. The molecule has 174 valence electrons. The lowest BCUT2D eigenvalue weighted by molar-refractivity contribution is -0.116. The van der Waals surface area contributed by atoms with Gasteiger partial charge in [0.1, 0.15) is 6.07 Å². The number of anilines is 2. The van der Waals surface area contributed by atoms with E-state index < -0.39 is 0 Å². The van der Waals surface area contributed by atoms with Crippen LogP contribution in [0.15, 0.2) is 78.9 Å². The third-order valence-electron chi connectivity index (χ3n) is 6.11. The molecule has 6 nitrogen and oxygen atoms in total. The lowest BCUT2D eigenvalue weighted by atomic mass is 9.96. The van der Waals surface area contributed by atoms with Crippen molar-refractivity contribution in [2.24, 2.45) is 0 Å². The average Bonchev–Trinajstić information content (AvgIpc) is 2.85. The van der Waals surface area contributed by atoms with Crippen LogP contribution in [0.5, 0.6) is 0 Å². The Balaban J connectivity index is 1.48. The Morgan fingerprint density at radius 1 is 0.941 bits per heavy atom. The van der Waals surface area contributed by atoms with Crippen molar-refractivity contribution in [1.82, 2.24) is 9.80 Å². The minimum absolute atomic E-state index is 0.0943. The molecule has 3 aromatic carbocycles. The van der Waals surface area contributed by atoms with Crippen LogP contribution in [0, 0.1) is 11.3 Å². The first kappa shape index (κ1) is 23.5. The lowest BCUT2D eigenvalue weighted by Gasteiger charge is -2.41. The third-order valence-corrected chi connectivity index (χ3v) is 6.11. The highest BCUT2D eigenvalue weighted by atomic mass is 16.2. The Morgan fingerprint density at radius 2 is 1.53 bits per heavy atom. The van der Waals surface area contributed by atoms with Crippen LogP contribution < -0.4 is 10.2 Å². The summed E-state index contributed by atoms with van der Waals surface area (Å²) in [5.74, 6) is -0.0943. The summed E-state index contributed by atoms with van der Waals surface area (Å²) in [5, 5.41) is 12.7. The zero-order valence-corrected chi connectivity index (χ0v) is 19.8. The highest BCUT2D eigenvalue weighted by Crippen LogP contribution is 2.31. The number of carbonyl (C=O) groups is 1. The molecular weight excluding hydrogens is 422 g/mol. The van der Waals surface area contributed by atoms with Crippen molar-refractivity contribution in [2.75, 3.05) is 57.0 Å². The first-order valence-electron chi connectivity index (χ1n) is 11.6. The minimum atomic E-state index is -0.0943. The average molecular weight is 454 g/mol. The van der Waals surface area contributed by atoms with E-state index in [2.05, 4.69) is 81.8 Å². The van der Waals surface area contributed by atoms with Gasteiger partial charge in [-0.15, -0.1) is 0 Å². The van der Waals surface area contributed by atoms with E-state index in [9.17, 15) is 10.1 Å². The minimum Gasteiger partial charge on any atom is -0.368 e. The number of hydrogen-bond donors (Lipinski definition) is 1. The molecule has 1 aliphatic heterocycles. The third kappa shape index (κ3) is 5.63. The van der Waals surface area contributed by atoms with Gasteiger partial charge in [0.15, 0.2) is 0 Å². The number of likely N-dealkylation sites (N-methyl/N-ethyl adjacent to an activating group) is 1. The predicted octanol–water partition coefficient (Wildman–Crippen LogP) is 3.97. The summed E-state index contributed by atoms with van der Waals surface area (Å²) in [6, 6.07) is 29.4. The van der Waals surface area contributed by atoms with Gasteiger partial charge in [0, 0.05) is 31.9 Å². The van der Waals surface area contributed by atoms with Gasteiger partial charge < -0.3 is 15.1 Å². The molecule has 6 heteroatoms. The molecule has 1 fully saturated rings. The van der Waals surface area contributed by atoms with Crippen molar-refractivity contribution >= 4 is 17.3 Å². The molecule has 4 rings (SSSR count). The van der Waals surface area contributed by atoms with E-state index in [-0.39, 0.29) is 11.9 Å². The molecule has 0 aromatic heterocycles. The second-order valence-electron chi connectivity index (χ2n) is 8.88. The van der Waals surface area contributed by atoms with Crippen molar-refractivity contribution in [3.63, 3.8) is 0 Å². The fourth-order valence-electron chi connectivity index (χ4n) is 4.57. The van der Waals surface area contributed by atoms with Gasteiger partial charge in [-0.1, -0.05) is 60.7 Å². The maximum atomic E-state index is 12.1. The molecule has 1 amide bonds. The summed E-state index contributed by atoms with van der Waals surface area (Å²) in [6.45, 7) is 3.74. The summed E-state index contributed by atoms with van der Waals surface area (Å²) < 4.78 is 0. The van der Waals surface area contributed by atoms with E-state index in [1.54, 1.807) is 6.07 Å². The van der Waals surface area contributed by atoms with Crippen molar-refractivity contribution in [2.45, 2.75) is 6.04 Å². The molecule has 0 radical (unpaired) electrons. The van der Waals surface area contributed by atoms with E-state index in [0.29, 0.717) is 17.8 Å². The Kier molecular flexibility index (Phi) is 7.58. The molecule has 3 aromatic rings. The fraction of sp³-hybridized carbons (Fsp3) is 0.286. The summed E-state index contributed by atoms with van der Waals surface area (Å²) in [7, 11) is 3.70. The van der Waals surface area contributed by atoms with Crippen LogP contribution in [0.4, 0.5) is 11.4 Å². The van der Waals surface area contributed by atoms with Crippen LogP contribution in [0.25, 0.3) is 0 Å². The number of nitrogens with one attached hydrogen (secondary N) is 1. The van der Waals surface area contributed by atoms with Gasteiger partial charge in [-0.05, 0) is 43.4 Å². The van der Waals surface area contributed by atoms with Crippen molar-refractivity contribution in [3.05, 3.63) is 95.6 Å². The van der Waals surface area contributed by atoms with Crippen LogP contribution >= 0.6 is 0 Å². The lowest BCUT2D eigenvalue weighted by Crippen LogP contribution is -2.48. The van der Waals surface area contributed by atoms with Gasteiger partial charge in [-0.3, -0.25) is 9.69 Å². The van der Waals surface area contributed by atoms with Gasteiger partial charge in [-0.2, -0.15) is 5.26 Å². The summed E-state index contributed by atoms with van der Waals surface area (Å²) in [5.41, 5.74) is 4.73. The fourth-order valence-corrected chi connectivity index (χ4v) is 4.57. The zero-order valence-electron chi connectivity index (χ0n) is 19.8. The number of rotatable bonds is 7. The number of hydrogen-bond acceptors (Lipinski definition) is 5. The number of carbonyl (C=O) groups excluding carboxylic acids is 1. The van der Waals surface area contributed by atoms with Gasteiger partial charge in [0.2, 0.25) is 5.91 Å². The van der Waals surface area contributed by atoms with Gasteiger partial charge in [0.05, 0.1) is 23.8 Å². The number of nitrogens with zero attached hydrogens (tertiary/aromatic N) is 4. The molecular formula is C28H31N5O. The molecule has 0 bridgehead atoms. The quantitative estimate of drug-likeness (QED) is 0.587. The second-order valence-corrected chi connectivity index (χ2v) is 8.88. The Labute approximate surface area is 202 Å². The van der Waals surface area contributed by atoms with E-state index in [4.69, 9.17) is 0 Å². The van der Waals surface area contributed by atoms with Crippen molar-refractivity contribution < 1.29 is 4.79 Å². The highest BCUT2D eigenvalue weighted by Gasteiger charge is 2.27. The molecule has 1 aliphatic rings. The van der Waals surface area contributed by atoms with Gasteiger partial charge in [-0.25, -0.2) is 0 Å². The number of benzene rings is 3. The Hall–Kier alpha value is -3.66. The topological polar surface area (TPSA) is 62.6 Å². The SMILES string of the molecule is CN(C)CC(=O)Nc1ccc(N2CCN(C(c3ccccc3)c3ccccc3)CC2)c(C#N)c1. The molecule has 1 N–H and O–H groups in total. The maximum absolute atomic E-state index is 12.1. The van der Waals surface area contributed by atoms with Crippen molar-refractivity contribution in [1.29, 1.82) is 5.26 Å². The zero-order chi connectivity index (χ0) is 23.9. The van der Waals surface area contributed by atoms with E-state index in [0.717, 1.165) is 31.9 Å². The van der Waals surface area contributed by atoms with E-state index in [1.165, 1.54) is 11.1 Å². The molecule has 0 atom stereocenters. The van der Waals surface area contributed by atoms with Crippen LogP contribution in [-0.2, 0) is 4.79 Å². The molecule has 0 spiro atoms. The molecule has 34 heavy (non-hydrogen) atoms. The van der Waals surface area contributed by atoms with Crippen LogP contribution in [0.3, 0.4) is 0 Å². The maximum Gasteiger partial charge on any atom is 0.238 e.